The van der Waals surface area contributed by atoms with Gasteiger partial charge in [0.05, 0.1) is 22.6 Å². The Hall–Kier alpha value is -2.94. The zero-order valence-corrected chi connectivity index (χ0v) is 23.1. The van der Waals surface area contributed by atoms with Crippen LogP contribution in [0.2, 0.25) is 10.0 Å². The third-order valence-electron chi connectivity index (χ3n) is 7.52. The van der Waals surface area contributed by atoms with Crippen LogP contribution >= 0.6 is 23.2 Å². The average Bonchev–Trinajstić information content (AvgIpc) is 3.15. The Labute approximate surface area is 232 Å². The molecule has 4 atom stereocenters. The maximum Gasteiger partial charge on any atom is 0.326 e. The summed E-state index contributed by atoms with van der Waals surface area (Å²) in [6.45, 7) is 3.21. The Morgan fingerprint density at radius 1 is 1.24 bits per heavy atom. The zero-order chi connectivity index (χ0) is 27.0. The highest BCUT2D eigenvalue weighted by molar-refractivity contribution is 6.42. The van der Waals surface area contributed by atoms with E-state index in [0.29, 0.717) is 22.2 Å². The van der Waals surface area contributed by atoms with Crippen molar-refractivity contribution in [2.45, 2.75) is 50.0 Å². The van der Waals surface area contributed by atoms with Gasteiger partial charge in [0.1, 0.15) is 24.8 Å². The highest BCUT2D eigenvalue weighted by Crippen LogP contribution is 2.55. The van der Waals surface area contributed by atoms with Crippen molar-refractivity contribution in [1.29, 1.82) is 0 Å². The molecule has 2 aromatic carbocycles. The molecule has 2 aromatic rings. The molecule has 2 aliphatic heterocycles. The van der Waals surface area contributed by atoms with E-state index in [0.717, 1.165) is 31.0 Å². The minimum absolute atomic E-state index is 0.174. The molecule has 5 rings (SSSR count). The first-order valence-corrected chi connectivity index (χ1v) is 13.4. The first-order chi connectivity index (χ1) is 18.2. The van der Waals surface area contributed by atoms with Gasteiger partial charge in [0, 0.05) is 24.2 Å². The first-order valence-electron chi connectivity index (χ1n) is 12.6. The Morgan fingerprint density at radius 2 is 2.05 bits per heavy atom. The minimum atomic E-state index is -0.600. The maximum absolute atomic E-state index is 12.6. The number of hydrogen-bond acceptors (Lipinski definition) is 7. The molecule has 38 heavy (non-hydrogen) atoms. The monoisotopic (exact) mass is 559 g/mol. The lowest BCUT2D eigenvalue weighted by Gasteiger charge is -2.36. The highest BCUT2D eigenvalue weighted by atomic mass is 35.5. The Bertz CT molecular complexity index is 1290. The van der Waals surface area contributed by atoms with Gasteiger partial charge in [-0.25, -0.2) is 0 Å². The van der Waals surface area contributed by atoms with Gasteiger partial charge < -0.3 is 29.7 Å². The largest absolute Gasteiger partial charge is 0.493 e. The molecule has 1 amide bonds. The summed E-state index contributed by atoms with van der Waals surface area (Å²) in [6, 6.07) is 8.48. The summed E-state index contributed by atoms with van der Waals surface area (Å²) in [5, 5.41) is 6.48. The fraction of sp³-hybridized carbons (Fsp3) is 0.429. The lowest BCUT2D eigenvalue weighted by atomic mass is 9.69. The summed E-state index contributed by atoms with van der Waals surface area (Å²) in [4.78, 5) is 27.4. The Morgan fingerprint density at radius 3 is 2.82 bits per heavy atom. The summed E-state index contributed by atoms with van der Waals surface area (Å²) in [7, 11) is 3.77. The van der Waals surface area contributed by atoms with E-state index < -0.39 is 18.1 Å². The molecule has 1 spiro atoms. The van der Waals surface area contributed by atoms with Crippen molar-refractivity contribution in [3.05, 3.63) is 63.7 Å². The van der Waals surface area contributed by atoms with Gasteiger partial charge in [-0.05, 0) is 62.8 Å². The number of carbonyl (C=O) groups is 2. The van der Waals surface area contributed by atoms with Crippen LogP contribution in [0.25, 0.3) is 0 Å². The second-order valence-electron chi connectivity index (χ2n) is 10.1. The molecule has 0 fully saturated rings. The van der Waals surface area contributed by atoms with E-state index in [9.17, 15) is 9.59 Å². The van der Waals surface area contributed by atoms with Gasteiger partial charge in [0.25, 0.3) is 0 Å². The van der Waals surface area contributed by atoms with Crippen LogP contribution in [0, 0.1) is 0 Å². The van der Waals surface area contributed by atoms with Crippen LogP contribution in [0.4, 0.5) is 5.69 Å². The molecular formula is C28H31Cl2N3O5. The summed E-state index contributed by atoms with van der Waals surface area (Å²) in [5.74, 6) is 0.649. The molecule has 1 aliphatic carbocycles. The van der Waals surface area contributed by atoms with E-state index >= 15 is 0 Å². The molecule has 0 aromatic heterocycles. The molecule has 0 radical (unpaired) electrons. The van der Waals surface area contributed by atoms with Crippen LogP contribution < -0.4 is 20.1 Å². The van der Waals surface area contributed by atoms with E-state index in [1.54, 1.807) is 32.2 Å². The van der Waals surface area contributed by atoms with Crippen LogP contribution in [0.5, 0.6) is 11.5 Å². The molecular weight excluding hydrogens is 529 g/mol. The summed E-state index contributed by atoms with van der Waals surface area (Å²) in [6.07, 6.45) is 4.90. The molecule has 10 heteroatoms. The van der Waals surface area contributed by atoms with E-state index in [1.807, 2.05) is 12.1 Å². The van der Waals surface area contributed by atoms with E-state index in [-0.39, 0.29) is 24.0 Å². The quantitative estimate of drug-likeness (QED) is 0.385. The second kappa shape index (κ2) is 10.7. The molecule has 8 nitrogen and oxygen atoms in total. The highest BCUT2D eigenvalue weighted by Gasteiger charge is 2.53. The lowest BCUT2D eigenvalue weighted by Crippen LogP contribution is -2.45. The Kier molecular flexibility index (Phi) is 7.49. The summed E-state index contributed by atoms with van der Waals surface area (Å²) < 4.78 is 17.8. The van der Waals surface area contributed by atoms with E-state index in [4.69, 9.17) is 37.4 Å². The van der Waals surface area contributed by atoms with Gasteiger partial charge in [-0.3, -0.25) is 9.59 Å². The average molecular weight is 560 g/mol. The molecule has 0 saturated heterocycles. The van der Waals surface area contributed by atoms with Gasteiger partial charge >= 0.3 is 5.97 Å². The van der Waals surface area contributed by atoms with Crippen molar-refractivity contribution >= 4 is 40.8 Å². The number of amides is 1. The second-order valence-corrected chi connectivity index (χ2v) is 10.9. The van der Waals surface area contributed by atoms with Crippen molar-refractivity contribution in [2.75, 3.05) is 32.6 Å². The predicted molar refractivity (Wildman–Crippen MR) is 146 cm³/mol. The number of nitrogens with zero attached hydrogens (tertiary/aromatic N) is 1. The third kappa shape index (κ3) is 5.05. The fourth-order valence-corrected chi connectivity index (χ4v) is 5.88. The summed E-state index contributed by atoms with van der Waals surface area (Å²) >= 11 is 12.0. The molecule has 1 unspecified atom stereocenters. The van der Waals surface area contributed by atoms with Gasteiger partial charge in [-0.2, -0.15) is 0 Å². The number of methoxy groups -OCH3 is 1. The third-order valence-corrected chi connectivity index (χ3v) is 8.25. The number of benzene rings is 2. The van der Waals surface area contributed by atoms with Crippen molar-refractivity contribution in [3.63, 3.8) is 0 Å². The maximum atomic E-state index is 12.6. The number of anilines is 1. The fourth-order valence-electron chi connectivity index (χ4n) is 5.58. The number of carbonyl (C=O) groups excluding carboxylic acids is 2. The molecule has 0 saturated carbocycles. The van der Waals surface area contributed by atoms with Crippen LogP contribution in [-0.4, -0.2) is 62.3 Å². The van der Waals surface area contributed by atoms with Gasteiger partial charge in [-0.15, -0.1) is 0 Å². The normalized spacial score (nSPS) is 24.3. The number of rotatable bonds is 7. The standard InChI is InChI=1S/C28H31Cl2N3O5/c1-16(32-18-5-6-20(29)21(30)12-18)27(35)31-14-24(34)37-19-8-9-28-10-11-33(2)15-17-4-7-22(36-3)26(25(17)28)38-23(28)13-19/h4-9,12,16,19,23,32H,10-11,13-15H2,1-3H3,(H,31,35)/t16?,19-,23-,28-/m0/s1. The first kappa shape index (κ1) is 26.7. The van der Waals surface area contributed by atoms with Crippen LogP contribution in [0.3, 0.4) is 0 Å². The van der Waals surface area contributed by atoms with Crippen LogP contribution in [0.15, 0.2) is 42.5 Å². The van der Waals surface area contributed by atoms with Crippen molar-refractivity contribution in [1.82, 2.24) is 10.2 Å². The number of esters is 1. The van der Waals surface area contributed by atoms with Crippen LogP contribution in [0.1, 0.15) is 30.9 Å². The smallest absolute Gasteiger partial charge is 0.326 e. The molecule has 0 bridgehead atoms. The molecule has 2 N–H and O–H groups in total. The number of nitrogens with one attached hydrogen (secondary N) is 2. The number of hydrogen-bond donors (Lipinski definition) is 2. The van der Waals surface area contributed by atoms with Crippen LogP contribution in [-0.2, 0) is 26.3 Å². The predicted octanol–water partition coefficient (Wildman–Crippen LogP) is 4.32. The zero-order valence-electron chi connectivity index (χ0n) is 21.6. The summed E-state index contributed by atoms with van der Waals surface area (Å²) in [5.41, 5.74) is 2.78. The van der Waals surface area contributed by atoms with E-state index in [1.165, 1.54) is 11.1 Å². The lowest BCUT2D eigenvalue weighted by molar-refractivity contribution is -0.148. The number of ether oxygens (including phenoxy) is 3. The van der Waals surface area contributed by atoms with Crippen molar-refractivity contribution in [2.24, 2.45) is 0 Å². The number of halogens is 2. The SMILES string of the molecule is COc1ccc2c3c1O[C@H]1C[C@@H](OC(=O)CNC(=O)C(C)Nc4ccc(Cl)c(Cl)c4)C=C[C@@]31CCN(C)C2. The minimum Gasteiger partial charge on any atom is -0.493 e. The van der Waals surface area contributed by atoms with Gasteiger partial charge in [0.15, 0.2) is 11.5 Å². The van der Waals surface area contributed by atoms with Gasteiger partial charge in [-0.1, -0.05) is 35.3 Å². The van der Waals surface area contributed by atoms with Crippen molar-refractivity contribution < 1.29 is 23.8 Å². The molecule has 3 aliphatic rings. The van der Waals surface area contributed by atoms with E-state index in [2.05, 4.69) is 34.7 Å². The van der Waals surface area contributed by atoms with Gasteiger partial charge in [0.2, 0.25) is 5.91 Å². The topological polar surface area (TPSA) is 89.1 Å². The molecule has 2 heterocycles. The Balaban J connectivity index is 1.20. The van der Waals surface area contributed by atoms with Crippen molar-refractivity contribution in [3.8, 4) is 11.5 Å². The molecule has 202 valence electrons.